The monoisotopic (exact) mass is 217 g/mol. The fourth-order valence-corrected chi connectivity index (χ4v) is 2.01. The molecular formula is C15H23N. The zero-order valence-corrected chi connectivity index (χ0v) is 10.4. The Morgan fingerprint density at radius 2 is 2.00 bits per heavy atom. The van der Waals surface area contributed by atoms with Gasteiger partial charge in [0.15, 0.2) is 0 Å². The van der Waals surface area contributed by atoms with Crippen molar-refractivity contribution in [1.82, 2.24) is 5.32 Å². The highest BCUT2D eigenvalue weighted by Gasteiger charge is 2.10. The van der Waals surface area contributed by atoms with Gasteiger partial charge in [0.25, 0.3) is 0 Å². The Bertz CT molecular complexity index is 292. The van der Waals surface area contributed by atoms with E-state index in [9.17, 15) is 0 Å². The standard InChI is InChI=1S/C15H23N/c1-4-9-15(10-5-2)16-13(3)14-11-7-6-8-12-14/h4,6-8,11-13,15-16H,1,5,9-10H2,2-3H3/t13-,15?/m1/s1. The van der Waals surface area contributed by atoms with Gasteiger partial charge in [0, 0.05) is 12.1 Å². The summed E-state index contributed by atoms with van der Waals surface area (Å²) in [6.45, 7) is 8.27. The fourth-order valence-electron chi connectivity index (χ4n) is 2.01. The summed E-state index contributed by atoms with van der Waals surface area (Å²) in [4.78, 5) is 0. The van der Waals surface area contributed by atoms with Gasteiger partial charge in [0.05, 0.1) is 0 Å². The molecule has 1 aromatic carbocycles. The van der Waals surface area contributed by atoms with Gasteiger partial charge in [-0.2, -0.15) is 0 Å². The lowest BCUT2D eigenvalue weighted by Crippen LogP contribution is -2.31. The predicted molar refractivity (Wildman–Crippen MR) is 71.5 cm³/mol. The summed E-state index contributed by atoms with van der Waals surface area (Å²) in [5.74, 6) is 0. The van der Waals surface area contributed by atoms with E-state index in [4.69, 9.17) is 0 Å². The zero-order chi connectivity index (χ0) is 11.8. The lowest BCUT2D eigenvalue weighted by atomic mass is 10.0. The average Bonchev–Trinajstić information content (AvgIpc) is 2.31. The number of nitrogens with one attached hydrogen (secondary N) is 1. The topological polar surface area (TPSA) is 12.0 Å². The molecule has 2 atom stereocenters. The Balaban J connectivity index is 2.54. The first kappa shape index (κ1) is 13.0. The van der Waals surface area contributed by atoms with Gasteiger partial charge in [-0.25, -0.2) is 0 Å². The third-order valence-corrected chi connectivity index (χ3v) is 2.87. The van der Waals surface area contributed by atoms with Crippen LogP contribution in [0.25, 0.3) is 0 Å². The Hall–Kier alpha value is -1.08. The van der Waals surface area contributed by atoms with Gasteiger partial charge in [-0.1, -0.05) is 49.8 Å². The van der Waals surface area contributed by atoms with E-state index in [2.05, 4.69) is 56.1 Å². The summed E-state index contributed by atoms with van der Waals surface area (Å²) in [5, 5.41) is 3.66. The number of hydrogen-bond donors (Lipinski definition) is 1. The fraction of sp³-hybridized carbons (Fsp3) is 0.467. The maximum Gasteiger partial charge on any atom is 0.0294 e. The molecule has 1 nitrogen and oxygen atoms in total. The number of benzene rings is 1. The van der Waals surface area contributed by atoms with Gasteiger partial charge in [0.1, 0.15) is 0 Å². The third kappa shape index (κ3) is 4.19. The lowest BCUT2D eigenvalue weighted by Gasteiger charge is -2.22. The van der Waals surface area contributed by atoms with Crippen molar-refractivity contribution in [2.24, 2.45) is 0 Å². The van der Waals surface area contributed by atoms with Gasteiger partial charge < -0.3 is 5.32 Å². The molecule has 0 aliphatic heterocycles. The first-order chi connectivity index (χ1) is 7.77. The molecule has 16 heavy (non-hydrogen) atoms. The maximum absolute atomic E-state index is 3.82. The van der Waals surface area contributed by atoms with E-state index in [1.807, 2.05) is 6.08 Å². The molecule has 1 aromatic rings. The van der Waals surface area contributed by atoms with E-state index < -0.39 is 0 Å². The van der Waals surface area contributed by atoms with Crippen LogP contribution in [0, 0.1) is 0 Å². The summed E-state index contributed by atoms with van der Waals surface area (Å²) in [6, 6.07) is 11.6. The van der Waals surface area contributed by atoms with Crippen LogP contribution in [0.15, 0.2) is 43.0 Å². The molecule has 0 bridgehead atoms. The Kier molecular flexibility index (Phi) is 5.87. The summed E-state index contributed by atoms with van der Waals surface area (Å²) in [6.07, 6.45) is 5.48. The van der Waals surface area contributed by atoms with Crippen LogP contribution in [0.4, 0.5) is 0 Å². The van der Waals surface area contributed by atoms with Gasteiger partial charge in [0.2, 0.25) is 0 Å². The zero-order valence-electron chi connectivity index (χ0n) is 10.4. The van der Waals surface area contributed by atoms with Gasteiger partial charge in [-0.05, 0) is 25.3 Å². The highest BCUT2D eigenvalue weighted by atomic mass is 14.9. The summed E-state index contributed by atoms with van der Waals surface area (Å²) in [5.41, 5.74) is 1.35. The van der Waals surface area contributed by atoms with Crippen molar-refractivity contribution in [1.29, 1.82) is 0 Å². The van der Waals surface area contributed by atoms with Crippen LogP contribution in [-0.4, -0.2) is 6.04 Å². The van der Waals surface area contributed by atoms with E-state index in [1.54, 1.807) is 0 Å². The van der Waals surface area contributed by atoms with Gasteiger partial charge >= 0.3 is 0 Å². The minimum absolute atomic E-state index is 0.415. The van der Waals surface area contributed by atoms with Crippen LogP contribution >= 0.6 is 0 Å². The molecule has 0 heterocycles. The molecule has 1 N–H and O–H groups in total. The summed E-state index contributed by atoms with van der Waals surface area (Å²) in [7, 11) is 0. The molecule has 0 spiro atoms. The van der Waals surface area contributed by atoms with Crippen molar-refractivity contribution in [3.05, 3.63) is 48.6 Å². The van der Waals surface area contributed by atoms with Crippen molar-refractivity contribution in [3.8, 4) is 0 Å². The van der Waals surface area contributed by atoms with Crippen molar-refractivity contribution in [2.45, 2.75) is 45.2 Å². The Morgan fingerprint density at radius 3 is 2.56 bits per heavy atom. The SMILES string of the molecule is C=CCC(CCC)N[C@H](C)c1ccccc1. The molecular weight excluding hydrogens is 194 g/mol. The molecule has 0 radical (unpaired) electrons. The molecule has 1 unspecified atom stereocenters. The first-order valence-corrected chi connectivity index (χ1v) is 6.19. The second-order valence-electron chi connectivity index (χ2n) is 4.31. The lowest BCUT2D eigenvalue weighted by molar-refractivity contribution is 0.429. The van der Waals surface area contributed by atoms with Crippen LogP contribution in [0.3, 0.4) is 0 Å². The largest absolute Gasteiger partial charge is 0.307 e. The third-order valence-electron chi connectivity index (χ3n) is 2.87. The molecule has 1 rings (SSSR count). The molecule has 0 amide bonds. The van der Waals surface area contributed by atoms with Crippen LogP contribution < -0.4 is 5.32 Å². The predicted octanol–water partition coefficient (Wildman–Crippen LogP) is 4.08. The molecule has 0 saturated heterocycles. The van der Waals surface area contributed by atoms with E-state index in [1.165, 1.54) is 18.4 Å². The van der Waals surface area contributed by atoms with Crippen molar-refractivity contribution in [3.63, 3.8) is 0 Å². The normalized spacial score (nSPS) is 14.4. The van der Waals surface area contributed by atoms with Gasteiger partial charge in [-0.3, -0.25) is 0 Å². The van der Waals surface area contributed by atoms with E-state index in [0.29, 0.717) is 12.1 Å². The minimum atomic E-state index is 0.415. The second-order valence-corrected chi connectivity index (χ2v) is 4.31. The second kappa shape index (κ2) is 7.24. The summed E-state index contributed by atoms with van der Waals surface area (Å²) < 4.78 is 0. The average molecular weight is 217 g/mol. The van der Waals surface area contributed by atoms with Crippen molar-refractivity contribution >= 4 is 0 Å². The molecule has 0 aromatic heterocycles. The van der Waals surface area contributed by atoms with Gasteiger partial charge in [-0.15, -0.1) is 6.58 Å². The Labute approximate surface area is 99.6 Å². The smallest absolute Gasteiger partial charge is 0.0294 e. The molecule has 0 aliphatic carbocycles. The minimum Gasteiger partial charge on any atom is -0.307 e. The number of hydrogen-bond acceptors (Lipinski definition) is 1. The first-order valence-electron chi connectivity index (χ1n) is 6.19. The quantitative estimate of drug-likeness (QED) is 0.678. The highest BCUT2D eigenvalue weighted by molar-refractivity contribution is 5.18. The van der Waals surface area contributed by atoms with Crippen molar-refractivity contribution < 1.29 is 0 Å². The molecule has 0 fully saturated rings. The van der Waals surface area contributed by atoms with E-state index >= 15 is 0 Å². The maximum atomic E-state index is 3.82. The number of rotatable bonds is 7. The van der Waals surface area contributed by atoms with E-state index in [-0.39, 0.29) is 0 Å². The molecule has 0 saturated carbocycles. The molecule has 1 heteroatoms. The van der Waals surface area contributed by atoms with Crippen LogP contribution in [0.2, 0.25) is 0 Å². The van der Waals surface area contributed by atoms with Crippen LogP contribution in [0.5, 0.6) is 0 Å². The van der Waals surface area contributed by atoms with Crippen molar-refractivity contribution in [2.75, 3.05) is 0 Å². The molecule has 0 aliphatic rings. The van der Waals surface area contributed by atoms with E-state index in [0.717, 1.165) is 6.42 Å². The molecule has 88 valence electrons. The highest BCUT2D eigenvalue weighted by Crippen LogP contribution is 2.14. The van der Waals surface area contributed by atoms with Crippen LogP contribution in [0.1, 0.15) is 44.7 Å². The van der Waals surface area contributed by atoms with Crippen LogP contribution in [-0.2, 0) is 0 Å². The summed E-state index contributed by atoms with van der Waals surface area (Å²) >= 11 is 0. The Morgan fingerprint density at radius 1 is 1.31 bits per heavy atom.